The van der Waals surface area contributed by atoms with Crippen LogP contribution < -0.4 is 10.2 Å². The highest BCUT2D eigenvalue weighted by molar-refractivity contribution is 6.39. The van der Waals surface area contributed by atoms with E-state index in [0.29, 0.717) is 37.8 Å². The molecule has 0 spiro atoms. The first kappa shape index (κ1) is 16.9. The summed E-state index contributed by atoms with van der Waals surface area (Å²) in [7, 11) is 0. The number of piperazine rings is 1. The van der Waals surface area contributed by atoms with Crippen LogP contribution in [0.4, 0.5) is 11.6 Å². The second-order valence-corrected chi connectivity index (χ2v) is 6.10. The van der Waals surface area contributed by atoms with Crippen molar-refractivity contribution in [2.24, 2.45) is 0 Å². The summed E-state index contributed by atoms with van der Waals surface area (Å²) in [6, 6.07) is 7.46. The van der Waals surface area contributed by atoms with Crippen LogP contribution in [0.3, 0.4) is 0 Å². The summed E-state index contributed by atoms with van der Waals surface area (Å²) in [6.45, 7) is 6.04. The second kappa shape index (κ2) is 7.29. The van der Waals surface area contributed by atoms with E-state index in [4.69, 9.17) is 0 Å². The summed E-state index contributed by atoms with van der Waals surface area (Å²) in [5, 5.41) is 2.71. The van der Waals surface area contributed by atoms with Crippen LogP contribution in [0, 0.1) is 13.8 Å². The molecule has 130 valence electrons. The lowest BCUT2D eigenvalue weighted by atomic mass is 10.1. The topological polar surface area (TPSA) is 78.4 Å². The molecular formula is C18H21N5O2. The quantitative estimate of drug-likeness (QED) is 0.837. The van der Waals surface area contributed by atoms with Crippen molar-refractivity contribution in [2.45, 2.75) is 13.8 Å². The first-order chi connectivity index (χ1) is 12.0. The molecule has 0 atom stereocenters. The van der Waals surface area contributed by atoms with Gasteiger partial charge in [-0.2, -0.15) is 0 Å². The van der Waals surface area contributed by atoms with E-state index in [0.717, 1.165) is 11.1 Å². The first-order valence-electron chi connectivity index (χ1n) is 8.24. The maximum atomic E-state index is 12.4. The summed E-state index contributed by atoms with van der Waals surface area (Å²) in [6.07, 6.45) is 3.38. The Balaban J connectivity index is 1.57. The van der Waals surface area contributed by atoms with Gasteiger partial charge in [0.05, 0.1) is 0 Å². The third kappa shape index (κ3) is 3.93. The average molecular weight is 339 g/mol. The van der Waals surface area contributed by atoms with Crippen molar-refractivity contribution in [3.05, 3.63) is 47.8 Å². The number of benzene rings is 1. The number of hydrogen-bond donors (Lipinski definition) is 1. The number of anilines is 2. The molecule has 1 aliphatic heterocycles. The molecule has 2 amide bonds. The van der Waals surface area contributed by atoms with Gasteiger partial charge in [0, 0.05) is 44.3 Å². The Morgan fingerprint density at radius 2 is 1.72 bits per heavy atom. The largest absolute Gasteiger partial charge is 0.337 e. The standard InChI is InChI=1S/C18H21N5O2/c1-13-4-5-15(14(2)12-13)21-16(24)17(25)22-8-10-23(11-9-22)18-19-6-3-7-20-18/h3-7,12H,8-11H2,1-2H3,(H,21,24). The fraction of sp³-hybridized carbons (Fsp3) is 0.333. The number of carbonyl (C=O) groups is 2. The molecule has 3 rings (SSSR count). The van der Waals surface area contributed by atoms with Gasteiger partial charge in [-0.05, 0) is 31.5 Å². The van der Waals surface area contributed by atoms with Crippen molar-refractivity contribution in [3.8, 4) is 0 Å². The van der Waals surface area contributed by atoms with E-state index in [9.17, 15) is 9.59 Å². The summed E-state index contributed by atoms with van der Waals surface area (Å²) >= 11 is 0. The number of amides is 2. The molecule has 2 aromatic rings. The zero-order chi connectivity index (χ0) is 17.8. The number of nitrogens with zero attached hydrogens (tertiary/aromatic N) is 4. The van der Waals surface area contributed by atoms with Crippen LogP contribution in [0.15, 0.2) is 36.7 Å². The third-order valence-corrected chi connectivity index (χ3v) is 4.23. The molecule has 25 heavy (non-hydrogen) atoms. The van der Waals surface area contributed by atoms with E-state index in [-0.39, 0.29) is 0 Å². The monoisotopic (exact) mass is 339 g/mol. The van der Waals surface area contributed by atoms with E-state index >= 15 is 0 Å². The molecule has 1 aromatic carbocycles. The average Bonchev–Trinajstić information content (AvgIpc) is 2.64. The molecule has 0 radical (unpaired) electrons. The first-order valence-corrected chi connectivity index (χ1v) is 8.24. The van der Waals surface area contributed by atoms with Crippen LogP contribution in [0.2, 0.25) is 0 Å². The minimum absolute atomic E-state index is 0.470. The normalized spacial score (nSPS) is 14.3. The number of aryl methyl sites for hydroxylation is 2. The predicted octanol–water partition coefficient (Wildman–Crippen LogP) is 1.38. The molecule has 1 aliphatic rings. The molecule has 1 saturated heterocycles. The maximum absolute atomic E-state index is 12.4. The Morgan fingerprint density at radius 1 is 1.04 bits per heavy atom. The van der Waals surface area contributed by atoms with Gasteiger partial charge in [-0.25, -0.2) is 9.97 Å². The van der Waals surface area contributed by atoms with Crippen molar-refractivity contribution in [1.82, 2.24) is 14.9 Å². The molecule has 1 N–H and O–H groups in total. The fourth-order valence-electron chi connectivity index (χ4n) is 2.84. The Morgan fingerprint density at radius 3 is 2.36 bits per heavy atom. The lowest BCUT2D eigenvalue weighted by molar-refractivity contribution is -0.143. The van der Waals surface area contributed by atoms with E-state index in [1.807, 2.05) is 36.9 Å². The maximum Gasteiger partial charge on any atom is 0.313 e. The van der Waals surface area contributed by atoms with Crippen LogP contribution in [0.5, 0.6) is 0 Å². The fourth-order valence-corrected chi connectivity index (χ4v) is 2.84. The zero-order valence-corrected chi connectivity index (χ0v) is 14.4. The number of aromatic nitrogens is 2. The van der Waals surface area contributed by atoms with Crippen molar-refractivity contribution in [3.63, 3.8) is 0 Å². The van der Waals surface area contributed by atoms with Gasteiger partial charge in [0.15, 0.2) is 0 Å². The Labute approximate surface area is 146 Å². The minimum Gasteiger partial charge on any atom is -0.337 e. The SMILES string of the molecule is Cc1ccc(NC(=O)C(=O)N2CCN(c3ncccn3)CC2)c(C)c1. The van der Waals surface area contributed by atoms with Crippen molar-refractivity contribution in [2.75, 3.05) is 36.4 Å². The Kier molecular flexibility index (Phi) is 4.92. The van der Waals surface area contributed by atoms with Crippen molar-refractivity contribution in [1.29, 1.82) is 0 Å². The highest BCUT2D eigenvalue weighted by Crippen LogP contribution is 2.16. The molecule has 2 heterocycles. The van der Waals surface area contributed by atoms with E-state index in [1.54, 1.807) is 23.4 Å². The van der Waals surface area contributed by atoms with E-state index in [2.05, 4.69) is 15.3 Å². The minimum atomic E-state index is -0.601. The Hall–Kier alpha value is -2.96. The molecule has 7 heteroatoms. The van der Waals surface area contributed by atoms with Crippen LogP contribution in [0.1, 0.15) is 11.1 Å². The van der Waals surface area contributed by atoms with Gasteiger partial charge in [0.25, 0.3) is 0 Å². The summed E-state index contributed by atoms with van der Waals surface area (Å²) in [4.78, 5) is 36.6. The van der Waals surface area contributed by atoms with Crippen molar-refractivity contribution < 1.29 is 9.59 Å². The highest BCUT2D eigenvalue weighted by Gasteiger charge is 2.27. The van der Waals surface area contributed by atoms with E-state index in [1.165, 1.54) is 0 Å². The molecule has 0 saturated carbocycles. The van der Waals surface area contributed by atoms with Gasteiger partial charge in [-0.15, -0.1) is 0 Å². The number of hydrogen-bond acceptors (Lipinski definition) is 5. The molecule has 0 bridgehead atoms. The molecule has 0 unspecified atom stereocenters. The van der Waals surface area contributed by atoms with Gasteiger partial charge < -0.3 is 15.1 Å². The zero-order valence-electron chi connectivity index (χ0n) is 14.4. The number of carbonyl (C=O) groups excluding carboxylic acids is 2. The van der Waals surface area contributed by atoms with Gasteiger partial charge in [0.1, 0.15) is 0 Å². The van der Waals surface area contributed by atoms with Crippen LogP contribution in [-0.2, 0) is 9.59 Å². The molecular weight excluding hydrogens is 318 g/mol. The third-order valence-electron chi connectivity index (χ3n) is 4.23. The van der Waals surface area contributed by atoms with Crippen molar-refractivity contribution >= 4 is 23.5 Å². The van der Waals surface area contributed by atoms with E-state index < -0.39 is 11.8 Å². The predicted molar refractivity (Wildman–Crippen MR) is 95.4 cm³/mol. The molecule has 1 fully saturated rings. The molecule has 0 aliphatic carbocycles. The summed E-state index contributed by atoms with van der Waals surface area (Å²) in [5.74, 6) is -0.459. The van der Waals surface area contributed by atoms with Gasteiger partial charge in [-0.3, -0.25) is 9.59 Å². The van der Waals surface area contributed by atoms with Crippen LogP contribution in [0.25, 0.3) is 0 Å². The second-order valence-electron chi connectivity index (χ2n) is 6.10. The molecule has 1 aromatic heterocycles. The van der Waals surface area contributed by atoms with Gasteiger partial charge in [-0.1, -0.05) is 17.7 Å². The smallest absolute Gasteiger partial charge is 0.313 e. The number of rotatable bonds is 2. The Bertz CT molecular complexity index is 770. The number of nitrogens with one attached hydrogen (secondary N) is 1. The molecule has 7 nitrogen and oxygen atoms in total. The highest BCUT2D eigenvalue weighted by atomic mass is 16.2. The van der Waals surface area contributed by atoms with Gasteiger partial charge >= 0.3 is 11.8 Å². The lowest BCUT2D eigenvalue weighted by Gasteiger charge is -2.34. The van der Waals surface area contributed by atoms with Crippen LogP contribution in [-0.4, -0.2) is 52.9 Å². The lowest BCUT2D eigenvalue weighted by Crippen LogP contribution is -2.52. The summed E-state index contributed by atoms with van der Waals surface area (Å²) in [5.41, 5.74) is 2.72. The summed E-state index contributed by atoms with van der Waals surface area (Å²) < 4.78 is 0. The van der Waals surface area contributed by atoms with Gasteiger partial charge in [0.2, 0.25) is 5.95 Å². The van der Waals surface area contributed by atoms with Crippen LogP contribution >= 0.6 is 0 Å².